The van der Waals surface area contributed by atoms with Crippen LogP contribution in [0, 0.1) is 29.1 Å². The van der Waals surface area contributed by atoms with E-state index in [9.17, 15) is 19.5 Å². The smallest absolute Gasteiger partial charge is 0.348 e. The normalized spacial score (nSPS) is 18.5. The topological polar surface area (TPSA) is 79.6 Å². The van der Waals surface area contributed by atoms with Gasteiger partial charge in [0.2, 0.25) is 5.91 Å². The van der Waals surface area contributed by atoms with Crippen LogP contribution in [0.15, 0.2) is 29.2 Å². The summed E-state index contributed by atoms with van der Waals surface area (Å²) < 4.78 is 1.39. The molecular formula is C25H30N2O4S. The molecule has 0 bridgehead atoms. The zero-order chi connectivity index (χ0) is 23.6. The zero-order valence-corrected chi connectivity index (χ0v) is 20.1. The Balaban J connectivity index is 2.17. The van der Waals surface area contributed by atoms with Crippen molar-refractivity contribution in [1.82, 2.24) is 4.57 Å². The van der Waals surface area contributed by atoms with Gasteiger partial charge in [0, 0.05) is 24.6 Å². The van der Waals surface area contributed by atoms with Crippen molar-refractivity contribution in [3.05, 3.63) is 44.5 Å². The quantitative estimate of drug-likeness (QED) is 0.657. The van der Waals surface area contributed by atoms with Gasteiger partial charge in [0.15, 0.2) is 0 Å². The highest BCUT2D eigenvalue weighted by atomic mass is 32.1. The number of pyridine rings is 1. The number of anilines is 2. The van der Waals surface area contributed by atoms with Crippen LogP contribution in [0.3, 0.4) is 0 Å². The second-order valence-electron chi connectivity index (χ2n) is 9.57. The van der Waals surface area contributed by atoms with Gasteiger partial charge in [-0.25, -0.2) is 4.79 Å². The molecular weight excluding hydrogens is 424 g/mol. The van der Waals surface area contributed by atoms with Crippen molar-refractivity contribution in [3.63, 3.8) is 0 Å². The molecule has 0 aliphatic heterocycles. The summed E-state index contributed by atoms with van der Waals surface area (Å²) in [6.07, 6.45) is 4.95. The first kappa shape index (κ1) is 23.8. The molecule has 2 heterocycles. The lowest BCUT2D eigenvalue weighted by Crippen LogP contribution is -2.38. The molecule has 6 nitrogen and oxygen atoms in total. The van der Waals surface area contributed by atoms with Gasteiger partial charge >= 0.3 is 5.97 Å². The highest BCUT2D eigenvalue weighted by Crippen LogP contribution is 2.38. The number of carbonyl (C=O) groups excluding carboxylic acids is 1. The number of hydrogen-bond donors (Lipinski definition) is 1. The minimum atomic E-state index is -1.14. The van der Waals surface area contributed by atoms with Gasteiger partial charge in [0.25, 0.3) is 5.56 Å². The Morgan fingerprint density at radius 2 is 1.84 bits per heavy atom. The molecule has 1 fully saturated rings. The summed E-state index contributed by atoms with van der Waals surface area (Å²) in [5.74, 6) is 5.10. The first-order valence-electron chi connectivity index (χ1n) is 10.9. The third-order valence-electron chi connectivity index (χ3n) is 5.64. The Kier molecular flexibility index (Phi) is 6.94. The van der Waals surface area contributed by atoms with Crippen LogP contribution in [-0.4, -0.2) is 21.6 Å². The number of thiophene rings is 1. The maximum atomic E-state index is 13.7. The minimum Gasteiger partial charge on any atom is -0.477 e. The molecule has 0 unspecified atom stereocenters. The number of carbonyl (C=O) groups is 2. The van der Waals surface area contributed by atoms with Crippen LogP contribution in [0.2, 0.25) is 0 Å². The SMILES string of the molecule is CC1CCC(C(=O)N(c2cc(C#CC(C)(C)C)sc2C(=O)O)c2cccn(C)c2=O)CC1. The molecule has 3 rings (SSSR count). The average Bonchev–Trinajstić information content (AvgIpc) is 3.14. The molecule has 32 heavy (non-hydrogen) atoms. The summed E-state index contributed by atoms with van der Waals surface area (Å²) in [6, 6.07) is 4.89. The molecule has 0 atom stereocenters. The van der Waals surface area contributed by atoms with E-state index < -0.39 is 5.97 Å². The molecule has 1 amide bonds. The van der Waals surface area contributed by atoms with Gasteiger partial charge in [-0.3, -0.25) is 14.5 Å². The highest BCUT2D eigenvalue weighted by Gasteiger charge is 2.34. The van der Waals surface area contributed by atoms with Gasteiger partial charge in [-0.05, 0) is 70.6 Å². The van der Waals surface area contributed by atoms with Crippen LogP contribution in [0.4, 0.5) is 11.4 Å². The van der Waals surface area contributed by atoms with Crippen LogP contribution >= 0.6 is 11.3 Å². The van der Waals surface area contributed by atoms with E-state index in [4.69, 9.17) is 0 Å². The molecule has 7 heteroatoms. The van der Waals surface area contributed by atoms with Crippen molar-refractivity contribution in [2.24, 2.45) is 24.3 Å². The van der Waals surface area contributed by atoms with E-state index in [1.807, 2.05) is 20.8 Å². The molecule has 1 N–H and O–H groups in total. The third kappa shape index (κ3) is 5.31. The fourth-order valence-electron chi connectivity index (χ4n) is 3.82. The van der Waals surface area contributed by atoms with E-state index in [0.29, 0.717) is 10.8 Å². The van der Waals surface area contributed by atoms with Crippen LogP contribution < -0.4 is 10.5 Å². The first-order chi connectivity index (χ1) is 15.0. The molecule has 0 saturated heterocycles. The maximum absolute atomic E-state index is 13.7. The second kappa shape index (κ2) is 9.33. The van der Waals surface area contributed by atoms with Crippen molar-refractivity contribution < 1.29 is 14.7 Å². The Morgan fingerprint density at radius 1 is 1.19 bits per heavy atom. The number of amides is 1. The maximum Gasteiger partial charge on any atom is 0.348 e. The largest absolute Gasteiger partial charge is 0.477 e. The van der Waals surface area contributed by atoms with Gasteiger partial charge < -0.3 is 9.67 Å². The van der Waals surface area contributed by atoms with Gasteiger partial charge in [-0.15, -0.1) is 11.3 Å². The monoisotopic (exact) mass is 454 g/mol. The highest BCUT2D eigenvalue weighted by molar-refractivity contribution is 7.15. The molecule has 2 aromatic rings. The standard InChI is InChI=1S/C25H30N2O4S/c1-16-8-10-17(11-9-16)22(28)27(19-7-6-14-26(5)23(19)29)20-15-18(12-13-25(2,3)4)32-21(20)24(30)31/h6-7,14-17H,8-11H2,1-5H3,(H,30,31). The van der Waals surface area contributed by atoms with Gasteiger partial charge in [-0.1, -0.05) is 18.8 Å². The van der Waals surface area contributed by atoms with Crippen LogP contribution in [0.1, 0.15) is 67.9 Å². The van der Waals surface area contributed by atoms with Crippen molar-refractivity contribution in [3.8, 4) is 11.8 Å². The lowest BCUT2D eigenvalue weighted by atomic mass is 9.82. The number of rotatable bonds is 4. The lowest BCUT2D eigenvalue weighted by molar-refractivity contribution is -0.122. The van der Waals surface area contributed by atoms with E-state index in [2.05, 4.69) is 18.8 Å². The molecule has 0 spiro atoms. The molecule has 0 radical (unpaired) electrons. The van der Waals surface area contributed by atoms with Crippen molar-refractivity contribution in [1.29, 1.82) is 0 Å². The number of aromatic nitrogens is 1. The second-order valence-corrected chi connectivity index (χ2v) is 10.6. The summed E-state index contributed by atoms with van der Waals surface area (Å²) in [4.78, 5) is 40.7. The summed E-state index contributed by atoms with van der Waals surface area (Å²) >= 11 is 1.03. The van der Waals surface area contributed by atoms with Gasteiger partial charge in [-0.2, -0.15) is 0 Å². The summed E-state index contributed by atoms with van der Waals surface area (Å²) in [5.41, 5.74) is -0.228. The molecule has 1 aliphatic carbocycles. The van der Waals surface area contributed by atoms with E-state index >= 15 is 0 Å². The Hall–Kier alpha value is -2.85. The fraction of sp³-hybridized carbons (Fsp3) is 0.480. The number of nitrogens with zero attached hydrogens (tertiary/aromatic N) is 2. The Morgan fingerprint density at radius 3 is 2.44 bits per heavy atom. The van der Waals surface area contributed by atoms with E-state index in [1.54, 1.807) is 31.4 Å². The van der Waals surface area contributed by atoms with E-state index in [0.717, 1.165) is 37.0 Å². The lowest BCUT2D eigenvalue weighted by Gasteiger charge is -2.30. The van der Waals surface area contributed by atoms with Crippen LogP contribution in [0.25, 0.3) is 0 Å². The Bertz CT molecular complexity index is 1140. The first-order valence-corrected chi connectivity index (χ1v) is 11.7. The van der Waals surface area contributed by atoms with Crippen molar-refractivity contribution in [2.45, 2.75) is 53.4 Å². The molecule has 2 aromatic heterocycles. The van der Waals surface area contributed by atoms with Crippen LogP contribution in [-0.2, 0) is 11.8 Å². The number of hydrogen-bond acceptors (Lipinski definition) is 4. The van der Waals surface area contributed by atoms with Gasteiger partial charge in [0.1, 0.15) is 10.6 Å². The Labute approximate surface area is 192 Å². The number of aryl methyl sites for hydroxylation is 1. The third-order valence-corrected chi connectivity index (χ3v) is 6.67. The predicted octanol–water partition coefficient (Wildman–Crippen LogP) is 5.03. The predicted molar refractivity (Wildman–Crippen MR) is 128 cm³/mol. The molecule has 0 aromatic carbocycles. The number of aromatic carboxylic acids is 1. The van der Waals surface area contributed by atoms with Crippen molar-refractivity contribution >= 4 is 34.6 Å². The van der Waals surface area contributed by atoms with Crippen LogP contribution in [0.5, 0.6) is 0 Å². The number of carboxylic acids is 1. The molecule has 1 saturated carbocycles. The summed E-state index contributed by atoms with van der Waals surface area (Å²) in [7, 11) is 1.61. The summed E-state index contributed by atoms with van der Waals surface area (Å²) in [5, 5.41) is 9.89. The van der Waals surface area contributed by atoms with E-state index in [1.165, 1.54) is 9.47 Å². The van der Waals surface area contributed by atoms with E-state index in [-0.39, 0.29) is 39.1 Å². The zero-order valence-electron chi connectivity index (χ0n) is 19.3. The molecule has 170 valence electrons. The summed E-state index contributed by atoms with van der Waals surface area (Å²) in [6.45, 7) is 8.09. The minimum absolute atomic E-state index is 0.00615. The van der Waals surface area contributed by atoms with Gasteiger partial charge in [0.05, 0.1) is 10.6 Å². The molecule has 1 aliphatic rings. The fourth-order valence-corrected chi connectivity index (χ4v) is 4.66. The average molecular weight is 455 g/mol. The van der Waals surface area contributed by atoms with Crippen molar-refractivity contribution in [2.75, 3.05) is 4.90 Å². The number of carboxylic acid groups (broad SMARTS) is 1.